The fourth-order valence-electron chi connectivity index (χ4n) is 3.64. The zero-order valence-electron chi connectivity index (χ0n) is 15.4. The van der Waals surface area contributed by atoms with E-state index in [0.717, 1.165) is 28.6 Å². The van der Waals surface area contributed by atoms with Crippen molar-refractivity contribution < 1.29 is 4.79 Å². The molecule has 8 heteroatoms. The Hall–Kier alpha value is -2.77. The number of amides is 1. The fourth-order valence-corrected chi connectivity index (χ4v) is 3.93. The quantitative estimate of drug-likeness (QED) is 0.726. The van der Waals surface area contributed by atoms with Crippen LogP contribution in [0.4, 0.5) is 5.69 Å². The van der Waals surface area contributed by atoms with Gasteiger partial charge in [0.15, 0.2) is 0 Å². The van der Waals surface area contributed by atoms with Crippen LogP contribution >= 0.6 is 11.6 Å². The van der Waals surface area contributed by atoms with Gasteiger partial charge in [-0.25, -0.2) is 4.98 Å². The summed E-state index contributed by atoms with van der Waals surface area (Å²) in [6.45, 7) is 3.16. The van der Waals surface area contributed by atoms with Gasteiger partial charge >= 0.3 is 0 Å². The minimum absolute atomic E-state index is 0.0889. The van der Waals surface area contributed by atoms with E-state index in [0.29, 0.717) is 43.4 Å². The van der Waals surface area contributed by atoms with Gasteiger partial charge in [0, 0.05) is 50.2 Å². The minimum atomic E-state index is -0.0889. The molecule has 1 fully saturated rings. The molecule has 0 spiro atoms. The molecule has 2 aromatic heterocycles. The summed E-state index contributed by atoms with van der Waals surface area (Å²) < 4.78 is 0. The van der Waals surface area contributed by atoms with Gasteiger partial charge in [-0.1, -0.05) is 11.6 Å². The Bertz CT molecular complexity index is 989. The SMILES string of the molecule is NCCc1cc(Cl)c2cccnc2c1N1CCN(C(=O)c2cnccn2)CC1. The van der Waals surface area contributed by atoms with Crippen LogP contribution in [-0.2, 0) is 6.42 Å². The van der Waals surface area contributed by atoms with Crippen molar-refractivity contribution in [2.24, 2.45) is 5.73 Å². The Balaban J connectivity index is 1.61. The molecule has 1 saturated heterocycles. The summed E-state index contributed by atoms with van der Waals surface area (Å²) in [7, 11) is 0. The molecule has 0 saturated carbocycles. The summed E-state index contributed by atoms with van der Waals surface area (Å²) in [6.07, 6.45) is 7.10. The lowest BCUT2D eigenvalue weighted by atomic mass is 10.0. The van der Waals surface area contributed by atoms with Gasteiger partial charge in [-0.15, -0.1) is 0 Å². The number of aromatic nitrogens is 3. The number of hydrogen-bond acceptors (Lipinski definition) is 6. The number of pyridine rings is 1. The maximum absolute atomic E-state index is 12.6. The van der Waals surface area contributed by atoms with Crippen molar-refractivity contribution in [3.63, 3.8) is 0 Å². The molecule has 28 heavy (non-hydrogen) atoms. The van der Waals surface area contributed by atoms with E-state index in [-0.39, 0.29) is 5.91 Å². The van der Waals surface area contributed by atoms with Crippen molar-refractivity contribution in [1.29, 1.82) is 0 Å². The summed E-state index contributed by atoms with van der Waals surface area (Å²) in [4.78, 5) is 29.4. The number of carbonyl (C=O) groups excluding carboxylic acids is 1. The Morgan fingerprint density at radius 1 is 1.14 bits per heavy atom. The van der Waals surface area contributed by atoms with Crippen molar-refractivity contribution in [2.45, 2.75) is 6.42 Å². The van der Waals surface area contributed by atoms with Gasteiger partial charge in [0.25, 0.3) is 5.91 Å². The van der Waals surface area contributed by atoms with Crippen LogP contribution in [0, 0.1) is 0 Å². The Labute approximate surface area is 168 Å². The van der Waals surface area contributed by atoms with Crippen LogP contribution in [0.3, 0.4) is 0 Å². The summed E-state index contributed by atoms with van der Waals surface area (Å²) in [6, 6.07) is 5.86. The highest BCUT2D eigenvalue weighted by Gasteiger charge is 2.26. The van der Waals surface area contributed by atoms with Crippen molar-refractivity contribution >= 4 is 34.1 Å². The number of anilines is 1. The first-order valence-electron chi connectivity index (χ1n) is 9.25. The predicted molar refractivity (Wildman–Crippen MR) is 110 cm³/mol. The fraction of sp³-hybridized carbons (Fsp3) is 0.300. The summed E-state index contributed by atoms with van der Waals surface area (Å²) in [5, 5.41) is 1.62. The van der Waals surface area contributed by atoms with Gasteiger partial charge in [0.2, 0.25) is 0 Å². The first-order valence-corrected chi connectivity index (χ1v) is 9.63. The number of piperazine rings is 1. The molecule has 144 valence electrons. The monoisotopic (exact) mass is 396 g/mol. The van der Waals surface area contributed by atoms with E-state index < -0.39 is 0 Å². The van der Waals surface area contributed by atoms with Gasteiger partial charge in [0.1, 0.15) is 5.69 Å². The lowest BCUT2D eigenvalue weighted by Gasteiger charge is -2.37. The molecule has 0 atom stereocenters. The molecule has 1 aromatic carbocycles. The van der Waals surface area contributed by atoms with E-state index >= 15 is 0 Å². The second kappa shape index (κ2) is 8.08. The molecule has 0 radical (unpaired) electrons. The number of nitrogens with two attached hydrogens (primary N) is 1. The third kappa shape index (κ3) is 3.50. The molecule has 7 nitrogen and oxygen atoms in total. The standard InChI is InChI=1S/C20H21ClN6O/c21-16-12-14(3-4-22)19(18-15(16)2-1-5-25-18)26-8-10-27(11-9-26)20(28)17-13-23-6-7-24-17/h1-2,5-7,12-13H,3-4,8-11,22H2. The first-order chi connectivity index (χ1) is 13.7. The molecule has 0 bridgehead atoms. The van der Waals surface area contributed by atoms with E-state index in [1.807, 2.05) is 23.1 Å². The average Bonchev–Trinajstić information content (AvgIpc) is 2.75. The summed E-state index contributed by atoms with van der Waals surface area (Å²) in [5.74, 6) is -0.0889. The number of nitrogens with zero attached hydrogens (tertiary/aromatic N) is 5. The van der Waals surface area contributed by atoms with E-state index in [4.69, 9.17) is 17.3 Å². The zero-order chi connectivity index (χ0) is 19.5. The maximum atomic E-state index is 12.6. The molecule has 3 heterocycles. The normalized spacial score (nSPS) is 14.5. The van der Waals surface area contributed by atoms with Crippen LogP contribution in [0.1, 0.15) is 16.1 Å². The van der Waals surface area contributed by atoms with Crippen LogP contribution in [0.2, 0.25) is 5.02 Å². The average molecular weight is 397 g/mol. The van der Waals surface area contributed by atoms with E-state index in [1.54, 1.807) is 12.4 Å². The third-order valence-electron chi connectivity index (χ3n) is 4.97. The van der Waals surface area contributed by atoms with Crippen LogP contribution < -0.4 is 10.6 Å². The molecular weight excluding hydrogens is 376 g/mol. The van der Waals surface area contributed by atoms with E-state index in [1.165, 1.54) is 12.4 Å². The molecule has 3 aromatic rings. The lowest BCUT2D eigenvalue weighted by molar-refractivity contribution is 0.0740. The van der Waals surface area contributed by atoms with Crippen LogP contribution in [-0.4, -0.2) is 58.5 Å². The molecule has 1 aliphatic rings. The van der Waals surface area contributed by atoms with Crippen molar-refractivity contribution in [3.8, 4) is 0 Å². The van der Waals surface area contributed by atoms with Crippen LogP contribution in [0.25, 0.3) is 10.9 Å². The molecular formula is C20H21ClN6O. The number of halogens is 1. The number of benzene rings is 1. The van der Waals surface area contributed by atoms with Crippen molar-refractivity contribution in [3.05, 3.63) is 59.3 Å². The van der Waals surface area contributed by atoms with Gasteiger partial charge in [-0.05, 0) is 36.7 Å². The van der Waals surface area contributed by atoms with E-state index in [2.05, 4.69) is 19.9 Å². The Morgan fingerprint density at radius 2 is 1.96 bits per heavy atom. The van der Waals surface area contributed by atoms with Gasteiger partial charge in [-0.3, -0.25) is 14.8 Å². The van der Waals surface area contributed by atoms with Crippen molar-refractivity contribution in [1.82, 2.24) is 19.9 Å². The number of carbonyl (C=O) groups is 1. The molecule has 0 unspecified atom stereocenters. The van der Waals surface area contributed by atoms with Crippen molar-refractivity contribution in [2.75, 3.05) is 37.6 Å². The second-order valence-corrected chi connectivity index (χ2v) is 7.08. The Morgan fingerprint density at radius 3 is 2.68 bits per heavy atom. The molecule has 1 amide bonds. The lowest BCUT2D eigenvalue weighted by Crippen LogP contribution is -2.49. The third-order valence-corrected chi connectivity index (χ3v) is 5.29. The number of hydrogen-bond donors (Lipinski definition) is 1. The second-order valence-electron chi connectivity index (χ2n) is 6.67. The van der Waals surface area contributed by atoms with Gasteiger partial charge in [0.05, 0.1) is 22.4 Å². The summed E-state index contributed by atoms with van der Waals surface area (Å²) >= 11 is 6.48. The molecule has 4 rings (SSSR count). The Kier molecular flexibility index (Phi) is 5.36. The highest BCUT2D eigenvalue weighted by Crippen LogP contribution is 2.35. The highest BCUT2D eigenvalue weighted by atomic mass is 35.5. The smallest absolute Gasteiger partial charge is 0.274 e. The number of rotatable bonds is 4. The largest absolute Gasteiger partial charge is 0.366 e. The molecule has 2 N–H and O–H groups in total. The highest BCUT2D eigenvalue weighted by molar-refractivity contribution is 6.36. The first kappa shape index (κ1) is 18.6. The van der Waals surface area contributed by atoms with Gasteiger partial charge in [-0.2, -0.15) is 0 Å². The molecule has 1 aliphatic heterocycles. The number of fused-ring (bicyclic) bond motifs is 1. The van der Waals surface area contributed by atoms with Gasteiger partial charge < -0.3 is 15.5 Å². The maximum Gasteiger partial charge on any atom is 0.274 e. The van der Waals surface area contributed by atoms with Crippen LogP contribution in [0.15, 0.2) is 43.0 Å². The molecule has 0 aliphatic carbocycles. The minimum Gasteiger partial charge on any atom is -0.366 e. The summed E-state index contributed by atoms with van der Waals surface area (Å²) in [5.41, 5.74) is 9.24. The topological polar surface area (TPSA) is 88.2 Å². The zero-order valence-corrected chi connectivity index (χ0v) is 16.1. The van der Waals surface area contributed by atoms with E-state index in [9.17, 15) is 4.79 Å². The van der Waals surface area contributed by atoms with Crippen LogP contribution in [0.5, 0.6) is 0 Å². The predicted octanol–water partition coefficient (Wildman–Crippen LogP) is 2.14.